The van der Waals surface area contributed by atoms with Crippen molar-refractivity contribution in [2.75, 3.05) is 4.90 Å². The largest absolute Gasteiger partial charge is 0.464 e. The van der Waals surface area contributed by atoms with E-state index in [2.05, 4.69) is 229 Å². The lowest BCUT2D eigenvalue weighted by Gasteiger charge is -2.42. The van der Waals surface area contributed by atoms with Gasteiger partial charge >= 0.3 is 0 Å². The van der Waals surface area contributed by atoms with E-state index in [1.54, 1.807) is 0 Å². The number of rotatable bonds is 4. The first-order valence-electron chi connectivity index (χ1n) is 24.8. The number of nitrogens with zero attached hydrogens (tertiary/aromatic N) is 5. The van der Waals surface area contributed by atoms with E-state index in [-0.39, 0.29) is 27.1 Å². The molecule has 0 bridgehead atoms. The molecule has 2 atom stereocenters. The van der Waals surface area contributed by atoms with Crippen LogP contribution in [0.1, 0.15) is 148 Å². The van der Waals surface area contributed by atoms with Crippen molar-refractivity contribution >= 4 is 44.8 Å². The van der Waals surface area contributed by atoms with E-state index in [1.165, 1.54) is 49.7 Å². The number of fused-ring (bicyclic) bond motifs is 8. The lowest BCUT2D eigenvalue weighted by atomic mass is 9.67. The average molecular weight is 910 g/mol. The van der Waals surface area contributed by atoms with Crippen LogP contribution in [0.4, 0.5) is 17.1 Å². The van der Waals surface area contributed by atoms with Crippen LogP contribution in [-0.2, 0) is 37.4 Å². The number of hydrogen-bond donors (Lipinski definition) is 0. The van der Waals surface area contributed by atoms with E-state index in [4.69, 9.17) is 19.7 Å². The van der Waals surface area contributed by atoms with Crippen molar-refractivity contribution in [2.45, 2.75) is 142 Å². The van der Waals surface area contributed by atoms with Crippen LogP contribution in [0.2, 0.25) is 0 Å². The summed E-state index contributed by atoms with van der Waals surface area (Å²) in [5.74, 6) is 1.56. The molecule has 0 saturated carbocycles. The summed E-state index contributed by atoms with van der Waals surface area (Å²) in [6.45, 7) is 34.9. The Kier molecular flexibility index (Phi) is 9.45. The Morgan fingerprint density at radius 2 is 1.22 bits per heavy atom. The fourth-order valence-corrected chi connectivity index (χ4v) is 12.0. The molecule has 6 heteroatoms. The number of benzene rings is 5. The Bertz CT molecular complexity index is 3460. The molecular formula is C63H67N5O. The summed E-state index contributed by atoms with van der Waals surface area (Å²) < 4.78 is 9.91. The molecule has 0 saturated heterocycles. The fraction of sp³-hybridized carbons (Fsp3) is 0.349. The summed E-state index contributed by atoms with van der Waals surface area (Å²) in [6, 6.07) is 44.8. The Hall–Kier alpha value is -6.53. The molecule has 0 radical (unpaired) electrons. The van der Waals surface area contributed by atoms with Gasteiger partial charge in [0.1, 0.15) is 11.4 Å². The quantitative estimate of drug-likeness (QED) is 0.177. The molecule has 0 spiro atoms. The molecule has 0 amide bonds. The van der Waals surface area contributed by atoms with E-state index in [0.717, 1.165) is 50.7 Å². The maximum absolute atomic E-state index is 7.55. The highest BCUT2D eigenvalue weighted by Crippen LogP contribution is 2.64. The van der Waals surface area contributed by atoms with Crippen LogP contribution in [0, 0.1) is 0 Å². The molecule has 1 aliphatic carbocycles. The summed E-state index contributed by atoms with van der Waals surface area (Å²) >= 11 is 0. The minimum atomic E-state index is -0.727. The van der Waals surface area contributed by atoms with E-state index in [9.17, 15) is 0 Å². The summed E-state index contributed by atoms with van der Waals surface area (Å²) in [7, 11) is 0. The van der Waals surface area contributed by atoms with Crippen molar-refractivity contribution in [1.29, 1.82) is 0 Å². The first-order valence-corrected chi connectivity index (χ1v) is 24.8. The number of aliphatic imine (C=N–C) groups is 1. The molecule has 3 aromatic heterocycles. The van der Waals surface area contributed by atoms with Gasteiger partial charge in [-0.15, -0.1) is 0 Å². The van der Waals surface area contributed by atoms with Gasteiger partial charge < -0.3 is 9.64 Å². The van der Waals surface area contributed by atoms with Gasteiger partial charge in [-0.1, -0.05) is 145 Å². The molecule has 350 valence electrons. The van der Waals surface area contributed by atoms with Gasteiger partial charge in [0.25, 0.3) is 0 Å². The van der Waals surface area contributed by atoms with E-state index < -0.39 is 11.1 Å². The third-order valence-corrected chi connectivity index (χ3v) is 16.5. The summed E-state index contributed by atoms with van der Waals surface area (Å²) in [5, 5.41) is 2.41. The van der Waals surface area contributed by atoms with Crippen LogP contribution >= 0.6 is 0 Å². The molecule has 0 fully saturated rings. The van der Waals surface area contributed by atoms with Crippen LogP contribution in [0.25, 0.3) is 38.9 Å². The van der Waals surface area contributed by atoms with Gasteiger partial charge in [-0.25, -0.2) is 9.98 Å². The first kappa shape index (κ1) is 44.9. The molecule has 0 unspecified atom stereocenters. The van der Waals surface area contributed by atoms with Crippen molar-refractivity contribution in [2.24, 2.45) is 4.99 Å². The molecule has 0 N–H and O–H groups in total. The molecule has 3 aliphatic rings. The van der Waals surface area contributed by atoms with Crippen LogP contribution in [0.15, 0.2) is 139 Å². The van der Waals surface area contributed by atoms with E-state index >= 15 is 0 Å². The molecule has 5 aromatic carbocycles. The smallest absolute Gasteiger partial charge is 0.217 e. The van der Waals surface area contributed by atoms with Crippen molar-refractivity contribution in [3.8, 4) is 17.1 Å². The summed E-state index contributed by atoms with van der Waals surface area (Å²) in [4.78, 5) is 18.3. The summed E-state index contributed by atoms with van der Waals surface area (Å²) in [6.07, 6.45) is 3.84. The monoisotopic (exact) mass is 910 g/mol. The average Bonchev–Trinajstić information content (AvgIpc) is 3.83. The van der Waals surface area contributed by atoms with E-state index in [0.29, 0.717) is 5.90 Å². The van der Waals surface area contributed by atoms with E-state index in [1.807, 2.05) is 18.5 Å². The highest BCUT2D eigenvalue weighted by atomic mass is 16.5. The van der Waals surface area contributed by atoms with Gasteiger partial charge in [-0.3, -0.25) is 9.55 Å². The lowest BCUT2D eigenvalue weighted by Crippen LogP contribution is -2.49. The molecule has 5 heterocycles. The Balaban J connectivity index is 1.16. The Labute approximate surface area is 409 Å². The number of hydrogen-bond acceptors (Lipinski definition) is 5. The zero-order valence-corrected chi connectivity index (χ0v) is 43.3. The second-order valence-corrected chi connectivity index (χ2v) is 24.5. The molecule has 11 rings (SSSR count). The molecular weight excluding hydrogens is 843 g/mol. The van der Waals surface area contributed by atoms with Crippen LogP contribution in [0.5, 0.6) is 0 Å². The van der Waals surface area contributed by atoms with Crippen LogP contribution < -0.4 is 4.90 Å². The molecule has 69 heavy (non-hydrogen) atoms. The van der Waals surface area contributed by atoms with Crippen LogP contribution in [0.3, 0.4) is 0 Å². The zero-order valence-electron chi connectivity index (χ0n) is 43.3. The third kappa shape index (κ3) is 6.46. The van der Waals surface area contributed by atoms with Gasteiger partial charge in [-0.05, 0) is 130 Å². The predicted molar refractivity (Wildman–Crippen MR) is 288 cm³/mol. The van der Waals surface area contributed by atoms with Gasteiger partial charge in [0.05, 0.1) is 28.1 Å². The SMILES string of the molecule is CC(C)(C)c1ccnc(-n2c3ccccc3c3cc4c(cc32)N(c2cc(C3=N[C@]5(C)C(C)(C)c6c(C(C)(C)C)cc(C(C)(C)C)cc6[C@]5(C)O3)cc(-c3ccccn3)c2)c2ccccc2C4(C)C)c1. The first-order chi connectivity index (χ1) is 32.3. The highest BCUT2D eigenvalue weighted by molar-refractivity contribution is 6.11. The Morgan fingerprint density at radius 3 is 1.93 bits per heavy atom. The second kappa shape index (κ2) is 14.5. The topological polar surface area (TPSA) is 55.5 Å². The lowest BCUT2D eigenvalue weighted by molar-refractivity contribution is 0.0190. The predicted octanol–water partition coefficient (Wildman–Crippen LogP) is 16.0. The normalized spacial score (nSPS) is 20.3. The minimum Gasteiger partial charge on any atom is -0.464 e. The van der Waals surface area contributed by atoms with Crippen LogP contribution in [-0.4, -0.2) is 26.0 Å². The van der Waals surface area contributed by atoms with Gasteiger partial charge in [-0.2, -0.15) is 0 Å². The molecule has 8 aromatic rings. The second-order valence-electron chi connectivity index (χ2n) is 24.5. The number of pyridine rings is 2. The fourth-order valence-electron chi connectivity index (χ4n) is 12.0. The number of ether oxygens (including phenoxy) is 1. The maximum atomic E-state index is 7.55. The van der Waals surface area contributed by atoms with Gasteiger partial charge in [0, 0.05) is 56.4 Å². The van der Waals surface area contributed by atoms with Crippen molar-refractivity contribution in [3.63, 3.8) is 0 Å². The molecule has 6 nitrogen and oxygen atoms in total. The van der Waals surface area contributed by atoms with Crippen molar-refractivity contribution < 1.29 is 4.74 Å². The number of anilines is 3. The number of para-hydroxylation sites is 2. The maximum Gasteiger partial charge on any atom is 0.217 e. The Morgan fingerprint density at radius 1 is 0.522 bits per heavy atom. The zero-order chi connectivity index (χ0) is 49.0. The van der Waals surface area contributed by atoms with Crippen molar-refractivity contribution in [1.82, 2.24) is 14.5 Å². The standard InChI is InChI=1S/C63H67N5O/c1-57(2,3)40-27-29-65-54(35-40)68-50-25-18-16-22-43(50)44-36-46-53(37-52(44)68)67(51-26-19-17-23-45(51)60(46,10)11)42-31-38(49-24-20-21-28-64-49)30-39(32-42)56-66-63(15)61(12,13)55-47(59(7,8)9)33-41(58(4,5)6)34-48(55)62(63,14)69-56/h16-37H,1-15H3/t62-,63+/m0/s1. The van der Waals surface area contributed by atoms with Gasteiger partial charge in [0.15, 0.2) is 5.60 Å². The summed E-state index contributed by atoms with van der Waals surface area (Å²) in [5.41, 5.74) is 15.2. The number of aromatic nitrogens is 3. The van der Waals surface area contributed by atoms with Gasteiger partial charge in [0.2, 0.25) is 5.90 Å². The highest BCUT2D eigenvalue weighted by Gasteiger charge is 2.68. The third-order valence-electron chi connectivity index (χ3n) is 16.5. The molecule has 2 aliphatic heterocycles. The minimum absolute atomic E-state index is 0.0405. The van der Waals surface area contributed by atoms with Crippen molar-refractivity contribution in [3.05, 3.63) is 178 Å².